The number of carbonyl (C=O) groups is 1. The van der Waals surface area contributed by atoms with Crippen molar-refractivity contribution in [2.45, 2.75) is 4.90 Å². The molecule has 3 aromatic rings. The lowest BCUT2D eigenvalue weighted by Gasteiger charge is -2.15. The summed E-state index contributed by atoms with van der Waals surface area (Å²) < 4.78 is 5.13. The highest BCUT2D eigenvalue weighted by atomic mass is 32.2. The number of rotatable bonds is 4. The standard InChI is InChI=1S/C20H16N2O2S/c1-24-13-9-7-12(8-10-13)19(23)17-18(22)15-6-4-3-5-14(15)16(11-21)20(17)25-2/h3-10H,22H2,1-2H3. The van der Waals surface area contributed by atoms with Crippen LogP contribution in [-0.4, -0.2) is 19.1 Å². The first-order valence-electron chi connectivity index (χ1n) is 7.59. The number of nitrogens with two attached hydrogens (primary N) is 1. The number of fused-ring (bicyclic) bond motifs is 1. The molecule has 3 aromatic carbocycles. The molecule has 5 heteroatoms. The van der Waals surface area contributed by atoms with Crippen LogP contribution in [0.25, 0.3) is 10.8 Å². The monoisotopic (exact) mass is 348 g/mol. The number of nitriles is 1. The number of nitrogens with zero attached hydrogens (tertiary/aromatic N) is 1. The van der Waals surface area contributed by atoms with Gasteiger partial charge in [-0.1, -0.05) is 24.3 Å². The van der Waals surface area contributed by atoms with Crippen LogP contribution in [-0.2, 0) is 0 Å². The molecule has 0 saturated heterocycles. The molecular weight excluding hydrogens is 332 g/mol. The number of ketones is 1. The Morgan fingerprint density at radius 1 is 1.12 bits per heavy atom. The van der Waals surface area contributed by atoms with E-state index in [4.69, 9.17) is 10.5 Å². The van der Waals surface area contributed by atoms with Gasteiger partial charge in [0.2, 0.25) is 0 Å². The molecule has 0 aromatic heterocycles. The summed E-state index contributed by atoms with van der Waals surface area (Å²) in [5, 5.41) is 11.1. The summed E-state index contributed by atoms with van der Waals surface area (Å²) in [5.41, 5.74) is 8.11. The molecule has 0 heterocycles. The fourth-order valence-corrected chi connectivity index (χ4v) is 3.63. The molecule has 0 fully saturated rings. The summed E-state index contributed by atoms with van der Waals surface area (Å²) >= 11 is 1.36. The maximum absolute atomic E-state index is 13.1. The van der Waals surface area contributed by atoms with Gasteiger partial charge in [0.05, 0.1) is 23.9 Å². The van der Waals surface area contributed by atoms with E-state index >= 15 is 0 Å². The molecule has 0 radical (unpaired) electrons. The van der Waals surface area contributed by atoms with Crippen LogP contribution in [0.3, 0.4) is 0 Å². The minimum absolute atomic E-state index is 0.202. The Balaban J connectivity index is 2.29. The molecule has 3 rings (SSSR count). The van der Waals surface area contributed by atoms with Crippen molar-refractivity contribution in [1.82, 2.24) is 0 Å². The van der Waals surface area contributed by atoms with Gasteiger partial charge in [-0.15, -0.1) is 11.8 Å². The van der Waals surface area contributed by atoms with Crippen molar-refractivity contribution in [3.05, 3.63) is 65.2 Å². The number of carbonyl (C=O) groups excluding carboxylic acids is 1. The van der Waals surface area contributed by atoms with Gasteiger partial charge in [0.1, 0.15) is 11.8 Å². The maximum atomic E-state index is 13.1. The van der Waals surface area contributed by atoms with Crippen molar-refractivity contribution in [3.63, 3.8) is 0 Å². The van der Waals surface area contributed by atoms with Gasteiger partial charge in [-0.3, -0.25) is 4.79 Å². The summed E-state index contributed by atoms with van der Waals surface area (Å²) in [7, 11) is 1.57. The quantitative estimate of drug-likeness (QED) is 0.433. The maximum Gasteiger partial charge on any atom is 0.196 e. The second kappa shape index (κ2) is 6.88. The number of benzene rings is 3. The highest BCUT2D eigenvalue weighted by Crippen LogP contribution is 2.38. The van der Waals surface area contributed by atoms with Crippen molar-refractivity contribution in [1.29, 1.82) is 5.26 Å². The lowest BCUT2D eigenvalue weighted by Crippen LogP contribution is -2.09. The predicted molar refractivity (Wildman–Crippen MR) is 101 cm³/mol. The Hall–Kier alpha value is -2.97. The van der Waals surface area contributed by atoms with Crippen molar-refractivity contribution in [3.8, 4) is 11.8 Å². The van der Waals surface area contributed by atoms with E-state index in [0.29, 0.717) is 38.4 Å². The third kappa shape index (κ3) is 2.81. The normalized spacial score (nSPS) is 10.4. The van der Waals surface area contributed by atoms with Gasteiger partial charge in [-0.05, 0) is 30.5 Å². The van der Waals surface area contributed by atoms with E-state index in [9.17, 15) is 10.1 Å². The van der Waals surface area contributed by atoms with Crippen LogP contribution in [0.2, 0.25) is 0 Å². The molecule has 0 atom stereocenters. The fourth-order valence-electron chi connectivity index (χ4n) is 2.87. The zero-order chi connectivity index (χ0) is 18.0. The van der Waals surface area contributed by atoms with E-state index in [1.165, 1.54) is 11.8 Å². The van der Waals surface area contributed by atoms with Crippen LogP contribution in [0.4, 0.5) is 5.69 Å². The highest BCUT2D eigenvalue weighted by molar-refractivity contribution is 7.98. The number of hydrogen-bond acceptors (Lipinski definition) is 5. The van der Waals surface area contributed by atoms with Crippen molar-refractivity contribution in [2.75, 3.05) is 19.1 Å². The number of hydrogen-bond donors (Lipinski definition) is 1. The summed E-state index contributed by atoms with van der Waals surface area (Å²) in [6.45, 7) is 0. The molecule has 0 spiro atoms. The molecule has 0 unspecified atom stereocenters. The SMILES string of the molecule is COc1ccc(C(=O)c2c(SC)c(C#N)c3ccccc3c2N)cc1. The van der Waals surface area contributed by atoms with Gasteiger partial charge >= 0.3 is 0 Å². The highest BCUT2D eigenvalue weighted by Gasteiger charge is 2.23. The zero-order valence-electron chi connectivity index (χ0n) is 13.9. The molecule has 0 bridgehead atoms. The molecule has 0 aliphatic carbocycles. The van der Waals surface area contributed by atoms with Crippen molar-refractivity contribution in [2.24, 2.45) is 0 Å². The molecular formula is C20H16N2O2S. The zero-order valence-corrected chi connectivity index (χ0v) is 14.7. The molecule has 124 valence electrons. The summed E-state index contributed by atoms with van der Waals surface area (Å²) in [5.74, 6) is 0.470. The van der Waals surface area contributed by atoms with Gasteiger partial charge in [0.15, 0.2) is 5.78 Å². The van der Waals surface area contributed by atoms with Crippen molar-refractivity contribution >= 4 is 34.0 Å². The molecule has 0 aliphatic rings. The summed E-state index contributed by atoms with van der Waals surface area (Å²) in [4.78, 5) is 13.7. The van der Waals surface area contributed by atoms with Crippen molar-refractivity contribution < 1.29 is 9.53 Å². The Morgan fingerprint density at radius 2 is 1.76 bits per heavy atom. The van der Waals surface area contributed by atoms with Gasteiger partial charge in [0.25, 0.3) is 0 Å². The summed E-state index contributed by atoms with van der Waals surface area (Å²) in [6.07, 6.45) is 1.84. The first-order valence-corrected chi connectivity index (χ1v) is 8.81. The Bertz CT molecular complexity index is 1000. The third-order valence-corrected chi connectivity index (χ3v) is 4.92. The van der Waals surface area contributed by atoms with Gasteiger partial charge in [0, 0.05) is 21.2 Å². The lowest BCUT2D eigenvalue weighted by molar-refractivity contribution is 0.103. The number of nitrogen functional groups attached to an aromatic ring is 1. The van der Waals surface area contributed by atoms with Crippen LogP contribution in [0, 0.1) is 11.3 Å². The largest absolute Gasteiger partial charge is 0.497 e. The van der Waals surface area contributed by atoms with Crippen LogP contribution in [0.1, 0.15) is 21.5 Å². The third-order valence-electron chi connectivity index (χ3n) is 4.11. The summed E-state index contributed by atoms with van der Waals surface area (Å²) in [6, 6.07) is 16.5. The Labute approximate surface area is 150 Å². The van der Waals surface area contributed by atoms with Crippen LogP contribution < -0.4 is 10.5 Å². The van der Waals surface area contributed by atoms with Gasteiger partial charge in [-0.25, -0.2) is 0 Å². The van der Waals surface area contributed by atoms with Gasteiger partial charge < -0.3 is 10.5 Å². The van der Waals surface area contributed by atoms with Crippen LogP contribution >= 0.6 is 11.8 Å². The van der Waals surface area contributed by atoms with E-state index in [-0.39, 0.29) is 5.78 Å². The fraction of sp³-hybridized carbons (Fsp3) is 0.100. The van der Waals surface area contributed by atoms with E-state index in [0.717, 1.165) is 5.39 Å². The first-order chi connectivity index (χ1) is 12.1. The molecule has 2 N–H and O–H groups in total. The number of thioether (sulfide) groups is 1. The van der Waals surface area contributed by atoms with Crippen LogP contribution in [0.5, 0.6) is 5.75 Å². The number of methoxy groups -OCH3 is 1. The average Bonchev–Trinajstić information content (AvgIpc) is 2.67. The van der Waals surface area contributed by atoms with E-state index < -0.39 is 0 Å². The Morgan fingerprint density at radius 3 is 2.32 bits per heavy atom. The Kier molecular flexibility index (Phi) is 4.64. The average molecular weight is 348 g/mol. The second-order valence-electron chi connectivity index (χ2n) is 5.41. The molecule has 0 amide bonds. The predicted octanol–water partition coefficient (Wildman–Crippen LogP) is 4.26. The molecule has 25 heavy (non-hydrogen) atoms. The smallest absolute Gasteiger partial charge is 0.196 e. The van der Waals surface area contributed by atoms with E-state index in [1.807, 2.05) is 30.5 Å². The topological polar surface area (TPSA) is 76.1 Å². The van der Waals surface area contributed by atoms with Crippen LogP contribution in [0.15, 0.2) is 53.4 Å². The van der Waals surface area contributed by atoms with Gasteiger partial charge in [-0.2, -0.15) is 5.26 Å². The minimum atomic E-state index is -0.202. The van der Waals surface area contributed by atoms with E-state index in [1.54, 1.807) is 31.4 Å². The second-order valence-corrected chi connectivity index (χ2v) is 6.23. The number of anilines is 1. The first kappa shape index (κ1) is 16.9. The lowest BCUT2D eigenvalue weighted by atomic mass is 9.94. The molecule has 0 saturated carbocycles. The minimum Gasteiger partial charge on any atom is -0.497 e. The van der Waals surface area contributed by atoms with E-state index in [2.05, 4.69) is 6.07 Å². The molecule has 0 aliphatic heterocycles. The number of ether oxygens (including phenoxy) is 1. The molecule has 4 nitrogen and oxygen atoms in total.